The van der Waals surface area contributed by atoms with E-state index in [1.165, 1.54) is 0 Å². The molecule has 0 aliphatic heterocycles. The number of aliphatic hydroxyl groups is 1. The van der Waals surface area contributed by atoms with Crippen LogP contribution in [0, 0.1) is 6.92 Å². The van der Waals surface area contributed by atoms with E-state index in [1.54, 1.807) is 11.5 Å². The topological polar surface area (TPSA) is 84.0 Å². The third kappa shape index (κ3) is 3.55. The number of ether oxygens (including phenoxy) is 1. The fraction of sp³-hybridized carbons (Fsp3) is 0.333. The summed E-state index contributed by atoms with van der Waals surface area (Å²) in [5.41, 5.74) is 1.30. The molecule has 0 saturated heterocycles. The molecule has 0 amide bonds. The molecule has 1 aromatic carbocycles. The minimum Gasteiger partial charge on any atom is -0.494 e. The molecule has 0 spiro atoms. The van der Waals surface area contributed by atoms with Crippen molar-refractivity contribution in [1.29, 1.82) is 0 Å². The van der Waals surface area contributed by atoms with Gasteiger partial charge in [-0.05, 0) is 38.1 Å². The van der Waals surface area contributed by atoms with Gasteiger partial charge in [-0.2, -0.15) is 0 Å². The summed E-state index contributed by atoms with van der Waals surface area (Å²) in [5, 5.41) is 18.4. The predicted octanol–water partition coefficient (Wildman–Crippen LogP) is 2.18. The molecule has 0 bridgehead atoms. The van der Waals surface area contributed by atoms with E-state index in [9.17, 15) is 9.90 Å². The summed E-state index contributed by atoms with van der Waals surface area (Å²) in [4.78, 5) is 16.5. The molecule has 0 aliphatic carbocycles. The van der Waals surface area contributed by atoms with Crippen LogP contribution in [0.15, 0.2) is 29.3 Å². The van der Waals surface area contributed by atoms with Gasteiger partial charge in [0.15, 0.2) is 4.80 Å². The van der Waals surface area contributed by atoms with Crippen LogP contribution in [0.1, 0.15) is 22.3 Å². The number of aromatic nitrogens is 1. The number of aliphatic hydroxyl groups excluding tert-OH is 1. The standard InChI is InChI=1S/C15H18N2O4S/c1-3-21-12-6-4-11(5-7-12)16-15-17(8-9-18)10(2)13(22-15)14(19)20/h4-7,18H,3,8-9H2,1-2H3,(H,19,20). The molecule has 0 aliphatic rings. The Morgan fingerprint density at radius 1 is 1.36 bits per heavy atom. The van der Waals surface area contributed by atoms with Crippen LogP contribution in [0.25, 0.3) is 0 Å². The smallest absolute Gasteiger partial charge is 0.347 e. The normalized spacial score (nSPS) is 11.7. The lowest BCUT2D eigenvalue weighted by Gasteiger charge is -2.04. The largest absolute Gasteiger partial charge is 0.494 e. The summed E-state index contributed by atoms with van der Waals surface area (Å²) < 4.78 is 7.09. The van der Waals surface area contributed by atoms with Gasteiger partial charge < -0.3 is 19.5 Å². The number of nitrogens with zero attached hydrogens (tertiary/aromatic N) is 2. The van der Waals surface area contributed by atoms with Crippen LogP contribution in [-0.4, -0.2) is 34.0 Å². The Bertz CT molecular complexity index is 716. The fourth-order valence-corrected chi connectivity index (χ4v) is 3.04. The Hall–Kier alpha value is -2.12. The van der Waals surface area contributed by atoms with Crippen LogP contribution in [0.2, 0.25) is 0 Å². The van der Waals surface area contributed by atoms with E-state index >= 15 is 0 Å². The van der Waals surface area contributed by atoms with Crippen molar-refractivity contribution in [2.24, 2.45) is 4.99 Å². The third-order valence-electron chi connectivity index (χ3n) is 3.05. The van der Waals surface area contributed by atoms with Crippen LogP contribution in [0.4, 0.5) is 5.69 Å². The highest BCUT2D eigenvalue weighted by molar-refractivity contribution is 7.11. The molecule has 1 aromatic heterocycles. The minimum absolute atomic E-state index is 0.0763. The average Bonchev–Trinajstić information content (AvgIpc) is 2.79. The number of hydrogen-bond donors (Lipinski definition) is 2. The zero-order valence-corrected chi connectivity index (χ0v) is 13.3. The predicted molar refractivity (Wildman–Crippen MR) is 83.9 cm³/mol. The lowest BCUT2D eigenvalue weighted by Crippen LogP contribution is -2.18. The molecule has 6 nitrogen and oxygen atoms in total. The van der Waals surface area contributed by atoms with Crippen molar-refractivity contribution in [3.05, 3.63) is 39.6 Å². The Labute approximate surface area is 132 Å². The van der Waals surface area contributed by atoms with Crippen molar-refractivity contribution < 1.29 is 19.7 Å². The second-order valence-corrected chi connectivity index (χ2v) is 5.50. The van der Waals surface area contributed by atoms with Gasteiger partial charge in [-0.15, -0.1) is 0 Å². The summed E-state index contributed by atoms with van der Waals surface area (Å²) >= 11 is 1.10. The Morgan fingerprint density at radius 2 is 2.05 bits per heavy atom. The van der Waals surface area contributed by atoms with Crippen molar-refractivity contribution in [3.8, 4) is 5.75 Å². The first-order chi connectivity index (χ1) is 10.6. The quantitative estimate of drug-likeness (QED) is 0.854. The van der Waals surface area contributed by atoms with Gasteiger partial charge in [0.2, 0.25) is 0 Å². The first-order valence-corrected chi connectivity index (χ1v) is 7.70. The van der Waals surface area contributed by atoms with Crippen molar-refractivity contribution in [1.82, 2.24) is 4.57 Å². The van der Waals surface area contributed by atoms with E-state index in [-0.39, 0.29) is 11.5 Å². The number of rotatable bonds is 6. The lowest BCUT2D eigenvalue weighted by molar-refractivity contribution is 0.0700. The van der Waals surface area contributed by atoms with Crippen LogP contribution in [0.3, 0.4) is 0 Å². The molecule has 7 heteroatoms. The third-order valence-corrected chi connectivity index (χ3v) is 4.22. The van der Waals surface area contributed by atoms with E-state index in [0.29, 0.717) is 29.3 Å². The number of thiazole rings is 1. The lowest BCUT2D eigenvalue weighted by atomic mass is 10.3. The molecular weight excluding hydrogens is 304 g/mol. The fourth-order valence-electron chi connectivity index (χ4n) is 2.03. The zero-order chi connectivity index (χ0) is 16.1. The Balaban J connectivity index is 2.45. The maximum atomic E-state index is 11.2. The van der Waals surface area contributed by atoms with Crippen LogP contribution >= 0.6 is 11.3 Å². The summed E-state index contributed by atoms with van der Waals surface area (Å²) in [6, 6.07) is 7.25. The molecule has 22 heavy (non-hydrogen) atoms. The van der Waals surface area contributed by atoms with E-state index in [2.05, 4.69) is 4.99 Å². The molecule has 2 aromatic rings. The SMILES string of the molecule is CCOc1ccc(N=c2sc(C(=O)O)c(C)n2CCO)cc1. The number of hydrogen-bond acceptors (Lipinski definition) is 5. The highest BCUT2D eigenvalue weighted by Gasteiger charge is 2.15. The molecule has 2 rings (SSSR count). The molecule has 2 N–H and O–H groups in total. The van der Waals surface area contributed by atoms with Crippen LogP contribution in [0.5, 0.6) is 5.75 Å². The second-order valence-electron chi connectivity index (χ2n) is 4.52. The van der Waals surface area contributed by atoms with E-state index < -0.39 is 5.97 Å². The average molecular weight is 322 g/mol. The number of carbonyl (C=O) groups is 1. The minimum atomic E-state index is -0.984. The highest BCUT2D eigenvalue weighted by atomic mass is 32.1. The van der Waals surface area contributed by atoms with Gasteiger partial charge >= 0.3 is 5.97 Å². The van der Waals surface area contributed by atoms with E-state index in [1.807, 2.05) is 31.2 Å². The van der Waals surface area contributed by atoms with Gasteiger partial charge in [-0.1, -0.05) is 11.3 Å². The van der Waals surface area contributed by atoms with Gasteiger partial charge in [0, 0.05) is 12.2 Å². The molecule has 0 radical (unpaired) electrons. The maximum absolute atomic E-state index is 11.2. The summed E-state index contributed by atoms with van der Waals surface area (Å²) in [6.07, 6.45) is 0. The molecule has 0 saturated carbocycles. The highest BCUT2D eigenvalue weighted by Crippen LogP contribution is 2.19. The first kappa shape index (κ1) is 16.3. The number of carboxylic acid groups (broad SMARTS) is 1. The van der Waals surface area contributed by atoms with E-state index in [4.69, 9.17) is 9.84 Å². The molecule has 0 fully saturated rings. The second kappa shape index (κ2) is 7.24. The Morgan fingerprint density at radius 3 is 2.59 bits per heavy atom. The molecule has 0 unspecified atom stereocenters. The Kier molecular flexibility index (Phi) is 5.35. The van der Waals surface area contributed by atoms with Crippen molar-refractivity contribution in [3.63, 3.8) is 0 Å². The van der Waals surface area contributed by atoms with Crippen molar-refractivity contribution in [2.45, 2.75) is 20.4 Å². The monoisotopic (exact) mass is 322 g/mol. The van der Waals surface area contributed by atoms with Crippen molar-refractivity contribution >= 4 is 23.0 Å². The van der Waals surface area contributed by atoms with E-state index in [0.717, 1.165) is 17.1 Å². The maximum Gasteiger partial charge on any atom is 0.347 e. The summed E-state index contributed by atoms with van der Waals surface area (Å²) in [6.45, 7) is 4.46. The number of carboxylic acids is 1. The van der Waals surface area contributed by atoms with Crippen LogP contribution < -0.4 is 9.54 Å². The molecule has 0 atom stereocenters. The number of benzene rings is 1. The molecule has 118 valence electrons. The number of aromatic carboxylic acids is 1. The molecular formula is C15H18N2O4S. The van der Waals surface area contributed by atoms with Gasteiger partial charge in [0.05, 0.1) is 18.9 Å². The van der Waals surface area contributed by atoms with Gasteiger partial charge in [0.1, 0.15) is 10.6 Å². The van der Waals surface area contributed by atoms with Crippen molar-refractivity contribution in [2.75, 3.05) is 13.2 Å². The molecule has 1 heterocycles. The van der Waals surface area contributed by atoms with Gasteiger partial charge in [-0.25, -0.2) is 9.79 Å². The summed E-state index contributed by atoms with van der Waals surface area (Å²) in [7, 11) is 0. The van der Waals surface area contributed by atoms with Gasteiger partial charge in [-0.3, -0.25) is 0 Å². The van der Waals surface area contributed by atoms with Gasteiger partial charge in [0.25, 0.3) is 0 Å². The zero-order valence-electron chi connectivity index (χ0n) is 12.4. The summed E-state index contributed by atoms with van der Waals surface area (Å²) in [5.74, 6) is -0.222. The first-order valence-electron chi connectivity index (χ1n) is 6.88. The van der Waals surface area contributed by atoms with Crippen LogP contribution in [-0.2, 0) is 6.54 Å².